The monoisotopic (exact) mass is 478 g/mol. The van der Waals surface area contributed by atoms with Crippen molar-refractivity contribution in [2.75, 3.05) is 13.7 Å². The molecule has 174 valence electrons. The standard InChI is InChI=1S/C25H22N2O6S/c1-4-33-24(31)20-14(2)26-25-27(21(20)17-6-5-7-18(13-17)32-3)22(28)19(34-25)12-15-8-10-16(11-9-15)23(29)30/h5-13,21H,4H2,1-3H3,(H,29,30)/b19-12-/t21-/m0/s1. The number of rotatable bonds is 6. The number of carboxylic acid groups (broad SMARTS) is 1. The lowest BCUT2D eigenvalue weighted by Gasteiger charge is -2.25. The summed E-state index contributed by atoms with van der Waals surface area (Å²) >= 11 is 1.20. The average molecular weight is 479 g/mol. The molecule has 1 atom stereocenters. The van der Waals surface area contributed by atoms with E-state index in [1.54, 1.807) is 57.4 Å². The minimum absolute atomic E-state index is 0.159. The third-order valence-electron chi connectivity index (χ3n) is 5.38. The van der Waals surface area contributed by atoms with Crippen LogP contribution in [0.25, 0.3) is 6.08 Å². The third-order valence-corrected chi connectivity index (χ3v) is 6.36. The van der Waals surface area contributed by atoms with E-state index in [9.17, 15) is 14.4 Å². The fourth-order valence-corrected chi connectivity index (χ4v) is 4.84. The van der Waals surface area contributed by atoms with Gasteiger partial charge in [0, 0.05) is 0 Å². The van der Waals surface area contributed by atoms with Crippen LogP contribution in [0.4, 0.5) is 0 Å². The van der Waals surface area contributed by atoms with Gasteiger partial charge in [0.05, 0.1) is 41.1 Å². The van der Waals surface area contributed by atoms with E-state index in [2.05, 4.69) is 4.99 Å². The molecule has 0 saturated heterocycles. The molecule has 4 rings (SSSR count). The molecule has 1 aromatic heterocycles. The molecule has 1 N–H and O–H groups in total. The minimum Gasteiger partial charge on any atom is -0.497 e. The molecule has 34 heavy (non-hydrogen) atoms. The van der Waals surface area contributed by atoms with E-state index in [0.717, 1.165) is 0 Å². The number of carboxylic acids is 1. The van der Waals surface area contributed by atoms with Crippen molar-refractivity contribution in [3.63, 3.8) is 0 Å². The van der Waals surface area contributed by atoms with Gasteiger partial charge in [-0.25, -0.2) is 14.6 Å². The molecule has 9 heteroatoms. The fourth-order valence-electron chi connectivity index (χ4n) is 3.79. The number of allylic oxidation sites excluding steroid dienone is 1. The van der Waals surface area contributed by atoms with Crippen molar-refractivity contribution in [1.82, 2.24) is 4.57 Å². The summed E-state index contributed by atoms with van der Waals surface area (Å²) in [5.41, 5.74) is 1.98. The van der Waals surface area contributed by atoms with Gasteiger partial charge in [0.15, 0.2) is 4.80 Å². The maximum atomic E-state index is 13.5. The van der Waals surface area contributed by atoms with Crippen LogP contribution in [0.5, 0.6) is 5.75 Å². The van der Waals surface area contributed by atoms with Crippen molar-refractivity contribution in [3.8, 4) is 5.75 Å². The van der Waals surface area contributed by atoms with E-state index in [4.69, 9.17) is 14.6 Å². The number of esters is 1. The zero-order chi connectivity index (χ0) is 24.4. The first-order valence-electron chi connectivity index (χ1n) is 10.5. The first-order chi connectivity index (χ1) is 16.3. The van der Waals surface area contributed by atoms with Gasteiger partial charge in [0.25, 0.3) is 5.56 Å². The molecule has 0 bridgehead atoms. The van der Waals surface area contributed by atoms with Gasteiger partial charge < -0.3 is 14.6 Å². The maximum Gasteiger partial charge on any atom is 0.338 e. The summed E-state index contributed by atoms with van der Waals surface area (Å²) in [5, 5.41) is 9.10. The summed E-state index contributed by atoms with van der Waals surface area (Å²) in [6.07, 6.45) is 1.68. The minimum atomic E-state index is -1.02. The van der Waals surface area contributed by atoms with Crippen LogP contribution in [-0.4, -0.2) is 35.3 Å². The van der Waals surface area contributed by atoms with Gasteiger partial charge in [-0.05, 0) is 55.3 Å². The van der Waals surface area contributed by atoms with Gasteiger partial charge in [0.2, 0.25) is 0 Å². The molecule has 0 unspecified atom stereocenters. The molecule has 0 spiro atoms. The predicted molar refractivity (Wildman–Crippen MR) is 127 cm³/mol. The van der Waals surface area contributed by atoms with Gasteiger partial charge in [-0.1, -0.05) is 35.6 Å². The van der Waals surface area contributed by atoms with Crippen LogP contribution in [0.1, 0.15) is 41.4 Å². The summed E-state index contributed by atoms with van der Waals surface area (Å²) in [5.74, 6) is -0.961. The van der Waals surface area contributed by atoms with Crippen LogP contribution in [0.15, 0.2) is 69.6 Å². The number of benzene rings is 2. The molecule has 1 aliphatic rings. The van der Waals surface area contributed by atoms with Crippen LogP contribution >= 0.6 is 11.3 Å². The number of carbonyl (C=O) groups is 2. The molecule has 1 aliphatic heterocycles. The number of fused-ring (bicyclic) bond motifs is 1. The summed E-state index contributed by atoms with van der Waals surface area (Å²) in [6, 6.07) is 12.7. The Balaban J connectivity index is 1.92. The molecule has 3 aromatic rings. The van der Waals surface area contributed by atoms with E-state index < -0.39 is 18.0 Å². The van der Waals surface area contributed by atoms with Gasteiger partial charge in [-0.15, -0.1) is 0 Å². The molecule has 0 saturated carbocycles. The van der Waals surface area contributed by atoms with Crippen molar-refractivity contribution < 1.29 is 24.2 Å². The molecule has 0 radical (unpaired) electrons. The Morgan fingerprint density at radius 2 is 1.94 bits per heavy atom. The van der Waals surface area contributed by atoms with Crippen LogP contribution in [0.3, 0.4) is 0 Å². The molecule has 2 aromatic carbocycles. The van der Waals surface area contributed by atoms with E-state index in [0.29, 0.717) is 37.5 Å². The van der Waals surface area contributed by atoms with Crippen molar-refractivity contribution in [3.05, 3.63) is 96.2 Å². The number of nitrogens with zero attached hydrogens (tertiary/aromatic N) is 2. The molecule has 0 amide bonds. The summed E-state index contributed by atoms with van der Waals surface area (Å²) < 4.78 is 12.6. The number of thiazole rings is 1. The zero-order valence-corrected chi connectivity index (χ0v) is 19.6. The van der Waals surface area contributed by atoms with Gasteiger partial charge in [-0.3, -0.25) is 9.36 Å². The number of carbonyl (C=O) groups excluding carboxylic acids is 1. The third kappa shape index (κ3) is 4.29. The number of ether oxygens (including phenoxy) is 2. The number of aromatic nitrogens is 1. The summed E-state index contributed by atoms with van der Waals surface area (Å²) in [6.45, 7) is 3.64. The van der Waals surface area contributed by atoms with Crippen LogP contribution in [-0.2, 0) is 9.53 Å². The summed E-state index contributed by atoms with van der Waals surface area (Å²) in [4.78, 5) is 42.6. The Morgan fingerprint density at radius 3 is 2.59 bits per heavy atom. The quantitative estimate of drug-likeness (QED) is 0.546. The first-order valence-corrected chi connectivity index (χ1v) is 11.3. The highest BCUT2D eigenvalue weighted by molar-refractivity contribution is 7.07. The van der Waals surface area contributed by atoms with Crippen molar-refractivity contribution >= 4 is 29.4 Å². The Labute approximate surface area is 198 Å². The number of hydrogen-bond acceptors (Lipinski definition) is 7. The van der Waals surface area contributed by atoms with Crippen LogP contribution in [0, 0.1) is 0 Å². The normalized spacial score (nSPS) is 15.5. The predicted octanol–water partition coefficient (Wildman–Crippen LogP) is 2.51. The Kier molecular flexibility index (Phi) is 6.47. The Bertz CT molecular complexity index is 1480. The van der Waals surface area contributed by atoms with E-state index in [1.807, 2.05) is 6.07 Å². The van der Waals surface area contributed by atoms with E-state index >= 15 is 0 Å². The van der Waals surface area contributed by atoms with Crippen molar-refractivity contribution in [1.29, 1.82) is 0 Å². The summed E-state index contributed by atoms with van der Waals surface area (Å²) in [7, 11) is 1.55. The van der Waals surface area contributed by atoms with Gasteiger partial charge in [-0.2, -0.15) is 0 Å². The second-order valence-electron chi connectivity index (χ2n) is 7.51. The molecule has 8 nitrogen and oxygen atoms in total. The maximum absolute atomic E-state index is 13.5. The smallest absolute Gasteiger partial charge is 0.338 e. The zero-order valence-electron chi connectivity index (χ0n) is 18.8. The average Bonchev–Trinajstić information content (AvgIpc) is 3.13. The highest BCUT2D eigenvalue weighted by atomic mass is 32.1. The van der Waals surface area contributed by atoms with E-state index in [1.165, 1.54) is 28.0 Å². The number of hydrogen-bond donors (Lipinski definition) is 1. The van der Waals surface area contributed by atoms with E-state index in [-0.39, 0.29) is 17.7 Å². The lowest BCUT2D eigenvalue weighted by molar-refractivity contribution is -0.139. The topological polar surface area (TPSA) is 107 Å². The SMILES string of the molecule is CCOC(=O)C1=C(C)N=c2s/c(=C\c3ccc(C(=O)O)cc3)c(=O)n2[C@H]1c1cccc(OC)c1. The Hall–Kier alpha value is -3.98. The highest BCUT2D eigenvalue weighted by Gasteiger charge is 2.33. The Morgan fingerprint density at radius 1 is 1.21 bits per heavy atom. The molecule has 0 aliphatic carbocycles. The molecular weight excluding hydrogens is 456 g/mol. The first kappa shape index (κ1) is 23.2. The van der Waals surface area contributed by atoms with Gasteiger partial charge in [0.1, 0.15) is 5.75 Å². The number of aromatic carboxylic acids is 1. The van der Waals surface area contributed by atoms with Gasteiger partial charge >= 0.3 is 11.9 Å². The molecular formula is C25H22N2O6S. The lowest BCUT2D eigenvalue weighted by atomic mass is 9.95. The molecule has 0 fully saturated rings. The van der Waals surface area contributed by atoms with Crippen molar-refractivity contribution in [2.24, 2.45) is 4.99 Å². The largest absolute Gasteiger partial charge is 0.497 e. The fraction of sp³-hybridized carbons (Fsp3) is 0.200. The lowest BCUT2D eigenvalue weighted by Crippen LogP contribution is -2.39. The second-order valence-corrected chi connectivity index (χ2v) is 8.52. The molecule has 2 heterocycles. The second kappa shape index (κ2) is 9.48. The van der Waals surface area contributed by atoms with Crippen LogP contribution in [0.2, 0.25) is 0 Å². The van der Waals surface area contributed by atoms with Crippen molar-refractivity contribution in [2.45, 2.75) is 19.9 Å². The highest BCUT2D eigenvalue weighted by Crippen LogP contribution is 2.32. The van der Waals surface area contributed by atoms with Crippen LogP contribution < -0.4 is 19.6 Å². The number of methoxy groups -OCH3 is 1.